The van der Waals surface area contributed by atoms with E-state index in [1.807, 2.05) is 44.2 Å². The van der Waals surface area contributed by atoms with E-state index in [2.05, 4.69) is 6.92 Å². The van der Waals surface area contributed by atoms with Crippen molar-refractivity contribution in [3.63, 3.8) is 0 Å². The number of hydrogen-bond acceptors (Lipinski definition) is 4. The van der Waals surface area contributed by atoms with E-state index >= 15 is 0 Å². The van der Waals surface area contributed by atoms with Gasteiger partial charge in [-0.15, -0.1) is 0 Å². The quantitative estimate of drug-likeness (QED) is 0.840. The highest BCUT2D eigenvalue weighted by Gasteiger charge is 2.39. The van der Waals surface area contributed by atoms with Crippen LogP contribution in [0, 0.1) is 5.92 Å². The van der Waals surface area contributed by atoms with Crippen LogP contribution in [0.25, 0.3) is 0 Å². The smallest absolute Gasteiger partial charge is 0.163 e. The highest BCUT2D eigenvalue weighted by Crippen LogP contribution is 2.29. The Labute approximate surface area is 127 Å². The molecule has 4 heteroatoms. The Balaban J connectivity index is 1.99. The largest absolute Gasteiger partial charge is 0.396 e. The summed E-state index contributed by atoms with van der Waals surface area (Å²) in [4.78, 5) is 0. The molecule has 2 rings (SSSR count). The van der Waals surface area contributed by atoms with Gasteiger partial charge in [-0.25, -0.2) is 0 Å². The molecule has 1 aliphatic heterocycles. The highest BCUT2D eigenvalue weighted by molar-refractivity contribution is 5.13. The predicted molar refractivity (Wildman–Crippen MR) is 80.8 cm³/mol. The zero-order valence-electron chi connectivity index (χ0n) is 13.1. The molecule has 0 amide bonds. The molecule has 1 saturated heterocycles. The second kappa shape index (κ2) is 7.36. The van der Waals surface area contributed by atoms with E-state index in [0.717, 1.165) is 5.56 Å². The molecule has 4 nitrogen and oxygen atoms in total. The van der Waals surface area contributed by atoms with Gasteiger partial charge in [0, 0.05) is 6.61 Å². The number of ether oxygens (including phenoxy) is 3. The molecule has 118 valence electrons. The molecule has 1 N–H and O–H groups in total. The van der Waals surface area contributed by atoms with Crippen LogP contribution in [0.2, 0.25) is 0 Å². The Hall–Kier alpha value is -0.940. The normalized spacial score (nSPS) is 23.9. The van der Waals surface area contributed by atoms with Crippen molar-refractivity contribution in [3.05, 3.63) is 35.9 Å². The van der Waals surface area contributed by atoms with Gasteiger partial charge in [0.05, 0.1) is 19.3 Å². The van der Waals surface area contributed by atoms with E-state index in [0.29, 0.717) is 19.6 Å². The Morgan fingerprint density at radius 3 is 2.62 bits per heavy atom. The molecular formula is C17H26O4. The lowest BCUT2D eigenvalue weighted by Gasteiger charge is -2.29. The topological polar surface area (TPSA) is 47.9 Å². The van der Waals surface area contributed by atoms with Gasteiger partial charge in [0.1, 0.15) is 6.10 Å². The summed E-state index contributed by atoms with van der Waals surface area (Å²) in [5, 5.41) is 9.19. The van der Waals surface area contributed by atoms with Crippen LogP contribution in [0.3, 0.4) is 0 Å². The third-order valence-corrected chi connectivity index (χ3v) is 3.83. The van der Waals surface area contributed by atoms with Crippen molar-refractivity contribution in [2.24, 2.45) is 5.92 Å². The van der Waals surface area contributed by atoms with Crippen LogP contribution in [0.5, 0.6) is 0 Å². The molecule has 0 bridgehead atoms. The minimum absolute atomic E-state index is 0.0841. The van der Waals surface area contributed by atoms with Crippen LogP contribution in [0.1, 0.15) is 32.8 Å². The third-order valence-electron chi connectivity index (χ3n) is 3.83. The molecule has 0 unspecified atom stereocenters. The summed E-state index contributed by atoms with van der Waals surface area (Å²) in [6.07, 6.45) is 0.518. The minimum Gasteiger partial charge on any atom is -0.396 e. The lowest BCUT2D eigenvalue weighted by molar-refractivity contribution is -0.164. The highest BCUT2D eigenvalue weighted by atomic mass is 16.7. The van der Waals surface area contributed by atoms with Gasteiger partial charge in [-0.1, -0.05) is 37.3 Å². The van der Waals surface area contributed by atoms with Crippen molar-refractivity contribution in [1.82, 2.24) is 0 Å². The Morgan fingerprint density at radius 2 is 2.05 bits per heavy atom. The fourth-order valence-electron chi connectivity index (χ4n) is 2.65. The molecule has 1 heterocycles. The maximum atomic E-state index is 9.19. The van der Waals surface area contributed by atoms with Gasteiger partial charge in [0.25, 0.3) is 0 Å². The summed E-state index contributed by atoms with van der Waals surface area (Å²) >= 11 is 0. The zero-order chi connectivity index (χ0) is 15.3. The van der Waals surface area contributed by atoms with Crippen LogP contribution >= 0.6 is 0 Å². The standard InChI is InChI=1S/C17H26O4/c1-13(9-10-18)16(15-12-20-17(2,3)21-15)19-11-14-7-5-4-6-8-14/h4-8,13,15-16,18H,9-12H2,1-3H3/t13-,15-,16+/m1/s1. The second-order valence-electron chi connectivity index (χ2n) is 6.12. The maximum Gasteiger partial charge on any atom is 0.163 e. The Morgan fingerprint density at radius 1 is 1.33 bits per heavy atom. The first-order valence-electron chi connectivity index (χ1n) is 7.60. The summed E-state index contributed by atoms with van der Waals surface area (Å²) in [5.74, 6) is -0.348. The van der Waals surface area contributed by atoms with E-state index in [1.54, 1.807) is 0 Å². The van der Waals surface area contributed by atoms with Gasteiger partial charge in [0.15, 0.2) is 5.79 Å². The average molecular weight is 294 g/mol. The molecule has 0 saturated carbocycles. The molecular weight excluding hydrogens is 268 g/mol. The Kier molecular flexibility index (Phi) is 5.76. The van der Waals surface area contributed by atoms with Crippen LogP contribution in [-0.2, 0) is 20.8 Å². The van der Waals surface area contributed by atoms with E-state index < -0.39 is 5.79 Å². The second-order valence-corrected chi connectivity index (χ2v) is 6.12. The number of benzene rings is 1. The van der Waals surface area contributed by atoms with Crippen molar-refractivity contribution >= 4 is 0 Å². The first-order valence-corrected chi connectivity index (χ1v) is 7.60. The summed E-state index contributed by atoms with van der Waals surface area (Å²) in [6.45, 7) is 7.14. The van der Waals surface area contributed by atoms with Crippen molar-refractivity contribution < 1.29 is 19.3 Å². The molecule has 1 fully saturated rings. The number of hydrogen-bond donors (Lipinski definition) is 1. The summed E-state index contributed by atoms with van der Waals surface area (Å²) in [6, 6.07) is 10.1. The number of aliphatic hydroxyl groups is 1. The van der Waals surface area contributed by atoms with Crippen LogP contribution in [-0.4, -0.2) is 36.3 Å². The van der Waals surface area contributed by atoms with Crippen molar-refractivity contribution in [3.8, 4) is 0 Å². The van der Waals surface area contributed by atoms with Crippen molar-refractivity contribution in [1.29, 1.82) is 0 Å². The summed E-state index contributed by atoms with van der Waals surface area (Å²) < 4.78 is 17.7. The van der Waals surface area contributed by atoms with Gasteiger partial charge >= 0.3 is 0 Å². The number of rotatable bonds is 7. The average Bonchev–Trinajstić information content (AvgIpc) is 2.81. The van der Waals surface area contributed by atoms with E-state index in [4.69, 9.17) is 14.2 Å². The molecule has 0 aliphatic carbocycles. The monoisotopic (exact) mass is 294 g/mol. The van der Waals surface area contributed by atoms with Crippen LogP contribution in [0.15, 0.2) is 30.3 Å². The lowest BCUT2D eigenvalue weighted by Crippen LogP contribution is -2.38. The molecule has 0 aromatic heterocycles. The minimum atomic E-state index is -0.558. The van der Waals surface area contributed by atoms with Gasteiger partial charge < -0.3 is 19.3 Å². The SMILES string of the molecule is C[C@H](CCO)[C@H](OCc1ccccc1)[C@H]1COC(C)(C)O1. The van der Waals surface area contributed by atoms with Crippen LogP contribution < -0.4 is 0 Å². The zero-order valence-corrected chi connectivity index (χ0v) is 13.1. The van der Waals surface area contributed by atoms with Gasteiger partial charge in [-0.3, -0.25) is 0 Å². The van der Waals surface area contributed by atoms with E-state index in [9.17, 15) is 5.11 Å². The first kappa shape index (κ1) is 16.4. The fraction of sp³-hybridized carbons (Fsp3) is 0.647. The molecule has 3 atom stereocenters. The van der Waals surface area contributed by atoms with Gasteiger partial charge in [0.2, 0.25) is 0 Å². The van der Waals surface area contributed by atoms with Crippen LogP contribution in [0.4, 0.5) is 0 Å². The fourth-order valence-corrected chi connectivity index (χ4v) is 2.65. The number of aliphatic hydroxyl groups excluding tert-OH is 1. The summed E-state index contributed by atoms with van der Waals surface area (Å²) in [7, 11) is 0. The molecule has 1 aromatic carbocycles. The molecule has 0 spiro atoms. The third kappa shape index (κ3) is 4.78. The Bertz CT molecular complexity index is 418. The van der Waals surface area contributed by atoms with Crippen molar-refractivity contribution in [2.45, 2.75) is 51.8 Å². The first-order chi connectivity index (χ1) is 10.0. The van der Waals surface area contributed by atoms with E-state index in [-0.39, 0.29) is 24.7 Å². The predicted octanol–water partition coefficient (Wildman–Crippen LogP) is 2.74. The van der Waals surface area contributed by atoms with E-state index in [1.165, 1.54) is 0 Å². The summed E-state index contributed by atoms with van der Waals surface area (Å²) in [5.41, 5.74) is 1.14. The molecule has 1 aromatic rings. The van der Waals surface area contributed by atoms with Crippen molar-refractivity contribution in [2.75, 3.05) is 13.2 Å². The molecule has 0 radical (unpaired) electrons. The van der Waals surface area contributed by atoms with Gasteiger partial charge in [-0.2, -0.15) is 0 Å². The molecule has 1 aliphatic rings. The lowest BCUT2D eigenvalue weighted by atomic mass is 9.96. The maximum absolute atomic E-state index is 9.19. The molecule has 21 heavy (non-hydrogen) atoms. The van der Waals surface area contributed by atoms with Gasteiger partial charge in [-0.05, 0) is 31.7 Å².